The molecule has 0 aromatic heterocycles. The van der Waals surface area contributed by atoms with Gasteiger partial charge in [0.05, 0.1) is 47.6 Å². The Morgan fingerprint density at radius 3 is 2.56 bits per heavy atom. The van der Waals surface area contributed by atoms with Gasteiger partial charge in [-0.15, -0.1) is 0 Å². The van der Waals surface area contributed by atoms with E-state index in [1.807, 2.05) is 17.9 Å². The van der Waals surface area contributed by atoms with Crippen LogP contribution in [0.25, 0.3) is 0 Å². The van der Waals surface area contributed by atoms with Crippen LogP contribution in [-0.4, -0.2) is 65.6 Å². The van der Waals surface area contributed by atoms with E-state index in [2.05, 4.69) is 5.32 Å². The first-order valence-corrected chi connectivity index (χ1v) is 11.6. The van der Waals surface area contributed by atoms with Gasteiger partial charge in [0.25, 0.3) is 5.91 Å². The maximum Gasteiger partial charge on any atom is 0.257 e. The molecule has 0 radical (unpaired) electrons. The summed E-state index contributed by atoms with van der Waals surface area (Å²) in [5, 5.41) is 12.0. The highest BCUT2D eigenvalue weighted by atomic mass is 32.2. The Balaban J connectivity index is 2.06. The molecule has 0 atom stereocenters. The van der Waals surface area contributed by atoms with E-state index in [0.717, 1.165) is 4.31 Å². The zero-order chi connectivity index (χ0) is 23.3. The average molecular weight is 459 g/mol. The summed E-state index contributed by atoms with van der Waals surface area (Å²) in [6.45, 7) is 4.37. The van der Waals surface area contributed by atoms with Crippen molar-refractivity contribution in [2.45, 2.75) is 11.8 Å². The highest BCUT2D eigenvalue weighted by Gasteiger charge is 2.25. The molecule has 1 N–H and O–H groups in total. The Kier molecular flexibility index (Phi) is 7.35. The predicted octanol–water partition coefficient (Wildman–Crippen LogP) is 2.30. The number of ether oxygens (including phenoxy) is 2. The molecule has 0 unspecified atom stereocenters. The van der Waals surface area contributed by atoms with Crippen molar-refractivity contribution in [2.24, 2.45) is 0 Å². The predicted molar refractivity (Wildman–Crippen MR) is 121 cm³/mol. The van der Waals surface area contributed by atoms with Gasteiger partial charge in [-0.3, -0.25) is 4.79 Å². The number of hydrogen-bond donors (Lipinski definition) is 1. The van der Waals surface area contributed by atoms with E-state index in [1.54, 1.807) is 18.2 Å². The van der Waals surface area contributed by atoms with Crippen LogP contribution in [0.1, 0.15) is 22.8 Å². The van der Waals surface area contributed by atoms with Crippen LogP contribution in [0.4, 0.5) is 11.4 Å². The molecule has 32 heavy (non-hydrogen) atoms. The summed E-state index contributed by atoms with van der Waals surface area (Å²) in [6.07, 6.45) is 0. The molecule has 1 aliphatic rings. The Morgan fingerprint density at radius 2 is 1.94 bits per heavy atom. The lowest BCUT2D eigenvalue weighted by Gasteiger charge is -2.30. The van der Waals surface area contributed by atoms with Gasteiger partial charge in [0.1, 0.15) is 5.75 Å². The van der Waals surface area contributed by atoms with Gasteiger partial charge in [-0.25, -0.2) is 12.7 Å². The number of sulfonamides is 1. The Bertz CT molecular complexity index is 1140. The molecule has 170 valence electrons. The van der Waals surface area contributed by atoms with Gasteiger partial charge in [0.2, 0.25) is 10.0 Å². The molecule has 2 aromatic carbocycles. The van der Waals surface area contributed by atoms with Crippen LogP contribution in [-0.2, 0) is 14.8 Å². The molecule has 0 spiro atoms. The highest BCUT2D eigenvalue weighted by Crippen LogP contribution is 2.30. The van der Waals surface area contributed by atoms with E-state index in [9.17, 15) is 18.5 Å². The number of nitrogens with one attached hydrogen (secondary N) is 1. The summed E-state index contributed by atoms with van der Waals surface area (Å²) in [5.41, 5.74) is 1.52. The van der Waals surface area contributed by atoms with Crippen LogP contribution < -0.4 is 15.0 Å². The van der Waals surface area contributed by atoms with E-state index in [1.165, 1.54) is 32.3 Å². The molecule has 9 nitrogen and oxygen atoms in total. The first-order valence-electron chi connectivity index (χ1n) is 10.2. The summed E-state index contributed by atoms with van der Waals surface area (Å²) in [7, 11) is -0.864. The van der Waals surface area contributed by atoms with E-state index in [-0.39, 0.29) is 10.5 Å². The number of amides is 1. The summed E-state index contributed by atoms with van der Waals surface area (Å²) >= 11 is 0. The van der Waals surface area contributed by atoms with Crippen LogP contribution >= 0.6 is 0 Å². The van der Waals surface area contributed by atoms with Crippen LogP contribution in [0.3, 0.4) is 0 Å². The van der Waals surface area contributed by atoms with Crippen molar-refractivity contribution in [3.63, 3.8) is 0 Å². The summed E-state index contributed by atoms with van der Waals surface area (Å²) in [4.78, 5) is 15.4. The fraction of sp³-hybridized carbons (Fsp3) is 0.364. The lowest BCUT2D eigenvalue weighted by atomic mass is 10.1. The van der Waals surface area contributed by atoms with Crippen molar-refractivity contribution in [1.82, 2.24) is 4.31 Å². The van der Waals surface area contributed by atoms with Gasteiger partial charge in [-0.2, -0.15) is 5.26 Å². The van der Waals surface area contributed by atoms with E-state index >= 15 is 0 Å². The number of carbonyl (C=O) groups is 1. The molecule has 1 amide bonds. The lowest BCUT2D eigenvalue weighted by Crippen LogP contribution is -2.37. The van der Waals surface area contributed by atoms with E-state index in [4.69, 9.17) is 9.47 Å². The Hall–Kier alpha value is -3.13. The van der Waals surface area contributed by atoms with Crippen molar-refractivity contribution in [1.29, 1.82) is 5.26 Å². The number of carbonyl (C=O) groups excluding carboxylic acids is 1. The average Bonchev–Trinajstić information content (AvgIpc) is 2.80. The van der Waals surface area contributed by atoms with Crippen LogP contribution in [0.2, 0.25) is 0 Å². The van der Waals surface area contributed by atoms with E-state index in [0.29, 0.717) is 55.6 Å². The summed E-state index contributed by atoms with van der Waals surface area (Å²) in [5.74, 6) is -0.0804. The maximum absolute atomic E-state index is 13.4. The molecule has 1 saturated heterocycles. The van der Waals surface area contributed by atoms with Gasteiger partial charge in [0.15, 0.2) is 0 Å². The zero-order valence-electron chi connectivity index (χ0n) is 18.3. The quantitative estimate of drug-likeness (QED) is 0.677. The smallest absolute Gasteiger partial charge is 0.257 e. The van der Waals surface area contributed by atoms with Crippen LogP contribution in [0.5, 0.6) is 5.75 Å². The van der Waals surface area contributed by atoms with Crippen LogP contribution in [0.15, 0.2) is 41.3 Å². The molecule has 1 fully saturated rings. The molecular formula is C22H26N4O5S. The van der Waals surface area contributed by atoms with Gasteiger partial charge in [-0.05, 0) is 43.3 Å². The van der Waals surface area contributed by atoms with Gasteiger partial charge >= 0.3 is 0 Å². The minimum Gasteiger partial charge on any atom is -0.492 e. The first-order chi connectivity index (χ1) is 15.3. The number of rotatable bonds is 7. The van der Waals surface area contributed by atoms with Crippen molar-refractivity contribution in [3.8, 4) is 11.8 Å². The number of hydrogen-bond acceptors (Lipinski definition) is 7. The second-order valence-corrected chi connectivity index (χ2v) is 9.43. The van der Waals surface area contributed by atoms with Crippen molar-refractivity contribution in [2.75, 3.05) is 57.2 Å². The standard InChI is InChI=1S/C22H26N4O5S/c1-4-31-21-8-5-16(15-23)13-19(21)24-22(27)18-14-17(32(28,29)25(2)3)6-7-20(18)26-9-11-30-12-10-26/h5-8,13-14H,4,9-12H2,1-3H3,(H,24,27). The molecule has 0 bridgehead atoms. The van der Waals surface area contributed by atoms with Crippen molar-refractivity contribution >= 4 is 27.3 Å². The molecule has 2 aromatic rings. The summed E-state index contributed by atoms with van der Waals surface area (Å²) in [6, 6.07) is 11.3. The maximum atomic E-state index is 13.4. The zero-order valence-corrected chi connectivity index (χ0v) is 19.1. The largest absolute Gasteiger partial charge is 0.492 e. The molecule has 3 rings (SSSR count). The fourth-order valence-corrected chi connectivity index (χ4v) is 4.24. The Morgan fingerprint density at radius 1 is 1.22 bits per heavy atom. The molecule has 1 heterocycles. The molecule has 1 aliphatic heterocycles. The normalized spacial score (nSPS) is 14.2. The van der Waals surface area contributed by atoms with E-state index < -0.39 is 15.9 Å². The topological polar surface area (TPSA) is 112 Å². The van der Waals surface area contributed by atoms with Gasteiger partial charge < -0.3 is 19.7 Å². The third-order valence-corrected chi connectivity index (χ3v) is 6.81. The van der Waals surface area contributed by atoms with Crippen molar-refractivity contribution in [3.05, 3.63) is 47.5 Å². The third kappa shape index (κ3) is 5.02. The third-order valence-electron chi connectivity index (χ3n) is 5.00. The van der Waals surface area contributed by atoms with Gasteiger partial charge in [-0.1, -0.05) is 0 Å². The number of nitriles is 1. The van der Waals surface area contributed by atoms with Gasteiger partial charge in [0, 0.05) is 32.9 Å². The number of nitrogens with zero attached hydrogens (tertiary/aromatic N) is 3. The van der Waals surface area contributed by atoms with Crippen molar-refractivity contribution < 1.29 is 22.7 Å². The monoisotopic (exact) mass is 458 g/mol. The summed E-state index contributed by atoms with van der Waals surface area (Å²) < 4.78 is 37.4. The molecular weight excluding hydrogens is 432 g/mol. The highest BCUT2D eigenvalue weighted by molar-refractivity contribution is 7.89. The molecule has 0 saturated carbocycles. The minimum atomic E-state index is -3.74. The Labute approximate surface area is 188 Å². The second kappa shape index (κ2) is 9.99. The lowest BCUT2D eigenvalue weighted by molar-refractivity contribution is 0.102. The molecule has 10 heteroatoms. The fourth-order valence-electron chi connectivity index (χ4n) is 3.32. The second-order valence-electron chi connectivity index (χ2n) is 7.28. The number of anilines is 2. The van der Waals surface area contributed by atoms with Crippen LogP contribution in [0, 0.1) is 11.3 Å². The first kappa shape index (κ1) is 23.5. The number of benzene rings is 2. The number of morpholine rings is 1. The SMILES string of the molecule is CCOc1ccc(C#N)cc1NC(=O)c1cc(S(=O)(=O)N(C)C)ccc1N1CCOCC1. The minimum absolute atomic E-state index is 0.0143. The molecule has 0 aliphatic carbocycles.